The van der Waals surface area contributed by atoms with E-state index in [-0.39, 0.29) is 41.6 Å². The Morgan fingerprint density at radius 3 is 2.70 bits per heavy atom. The van der Waals surface area contributed by atoms with Crippen molar-refractivity contribution in [2.75, 3.05) is 36.4 Å². The molecule has 0 saturated carbocycles. The van der Waals surface area contributed by atoms with E-state index in [4.69, 9.17) is 0 Å². The molecule has 2 aliphatic rings. The van der Waals surface area contributed by atoms with Crippen molar-refractivity contribution in [1.82, 2.24) is 15.5 Å². The fourth-order valence-electron chi connectivity index (χ4n) is 3.67. The quantitative estimate of drug-likeness (QED) is 0.694. The number of aromatic hydroxyl groups is 1. The third-order valence-electron chi connectivity index (χ3n) is 5.15. The highest BCUT2D eigenvalue weighted by Crippen LogP contribution is 2.40. The second-order valence-corrected chi connectivity index (χ2v) is 6.51. The molecule has 1 fully saturated rings. The summed E-state index contributed by atoms with van der Waals surface area (Å²) >= 11 is 0. The summed E-state index contributed by atoms with van der Waals surface area (Å²) < 4.78 is 27.3. The Morgan fingerprint density at radius 2 is 1.96 bits per heavy atom. The molecular weight excluding hydrogens is 399 g/mol. The van der Waals surface area contributed by atoms with Crippen LogP contribution in [0.15, 0.2) is 18.2 Å². The molecule has 2 aromatic rings. The second kappa shape index (κ2) is 8.00. The number of hydrogen-bond donors (Lipinski definition) is 3. The molecule has 0 aliphatic carbocycles. The average molecular weight is 420 g/mol. The summed E-state index contributed by atoms with van der Waals surface area (Å²) in [6.45, 7) is 5.37. The van der Waals surface area contributed by atoms with Gasteiger partial charge in [-0.25, -0.2) is 8.78 Å². The first-order valence-corrected chi connectivity index (χ1v) is 8.32. The Labute approximate surface area is 168 Å². The van der Waals surface area contributed by atoms with Crippen LogP contribution in [0.5, 0.6) is 5.75 Å². The van der Waals surface area contributed by atoms with Crippen LogP contribution in [-0.4, -0.2) is 47.0 Å². The van der Waals surface area contributed by atoms with Gasteiger partial charge in [-0.1, -0.05) is 6.92 Å². The average Bonchev–Trinajstić information content (AvgIpc) is 2.64. The van der Waals surface area contributed by atoms with E-state index in [9.17, 15) is 13.9 Å². The zero-order valence-corrected chi connectivity index (χ0v) is 16.3. The first-order chi connectivity index (χ1) is 12.0. The minimum absolute atomic E-state index is 0. The molecular formula is C17H21Cl2F2N5O. The molecule has 3 N–H and O–H groups in total. The number of piperazine rings is 1. The number of halogens is 4. The molecule has 1 atom stereocenters. The second-order valence-electron chi connectivity index (χ2n) is 6.51. The van der Waals surface area contributed by atoms with Gasteiger partial charge in [-0.15, -0.1) is 35.0 Å². The number of fused-ring (bicyclic) bond motifs is 3. The third kappa shape index (κ3) is 3.49. The number of anilines is 2. The molecule has 1 aromatic heterocycles. The largest absolute Gasteiger partial charge is 0.504 e. The van der Waals surface area contributed by atoms with Gasteiger partial charge in [0.1, 0.15) is 5.82 Å². The summed E-state index contributed by atoms with van der Waals surface area (Å²) in [6.07, 6.45) is 0.934. The molecule has 4 rings (SSSR count). The van der Waals surface area contributed by atoms with E-state index in [0.717, 1.165) is 44.4 Å². The molecule has 0 radical (unpaired) electrons. The first kappa shape index (κ1) is 21.4. The lowest BCUT2D eigenvalue weighted by atomic mass is 9.88. The summed E-state index contributed by atoms with van der Waals surface area (Å²) in [5.74, 6) is -1.77. The number of nitrogens with zero attached hydrogens (tertiary/aromatic N) is 3. The fourth-order valence-corrected chi connectivity index (χ4v) is 3.67. The van der Waals surface area contributed by atoms with Gasteiger partial charge in [-0.3, -0.25) is 0 Å². The predicted molar refractivity (Wildman–Crippen MR) is 105 cm³/mol. The van der Waals surface area contributed by atoms with E-state index in [0.29, 0.717) is 11.9 Å². The smallest absolute Gasteiger partial charge is 0.172 e. The van der Waals surface area contributed by atoms with Crippen LogP contribution in [0, 0.1) is 11.6 Å². The molecule has 0 spiro atoms. The van der Waals surface area contributed by atoms with Gasteiger partial charge in [0.05, 0.1) is 16.9 Å². The van der Waals surface area contributed by atoms with Crippen molar-refractivity contribution in [3.05, 3.63) is 29.8 Å². The van der Waals surface area contributed by atoms with Crippen molar-refractivity contribution in [2.24, 2.45) is 0 Å². The summed E-state index contributed by atoms with van der Waals surface area (Å²) in [6, 6.07) is 3.44. The lowest BCUT2D eigenvalue weighted by Crippen LogP contribution is -2.66. The fraction of sp³-hybridized carbons (Fsp3) is 0.412. The van der Waals surface area contributed by atoms with Crippen LogP contribution < -0.4 is 15.5 Å². The van der Waals surface area contributed by atoms with E-state index >= 15 is 0 Å². The van der Waals surface area contributed by atoms with Gasteiger partial charge < -0.3 is 20.6 Å². The number of rotatable bonds is 2. The molecule has 1 aromatic carbocycles. The van der Waals surface area contributed by atoms with Crippen molar-refractivity contribution in [1.29, 1.82) is 0 Å². The summed E-state index contributed by atoms with van der Waals surface area (Å²) in [5.41, 5.74) is 0.988. The van der Waals surface area contributed by atoms with E-state index < -0.39 is 17.4 Å². The van der Waals surface area contributed by atoms with Gasteiger partial charge in [0.25, 0.3) is 0 Å². The first-order valence-electron chi connectivity index (χ1n) is 8.32. The van der Waals surface area contributed by atoms with E-state index in [1.807, 2.05) is 0 Å². The zero-order chi connectivity index (χ0) is 17.6. The van der Waals surface area contributed by atoms with E-state index in [2.05, 4.69) is 32.7 Å². The van der Waals surface area contributed by atoms with Gasteiger partial charge in [-0.05, 0) is 18.6 Å². The summed E-state index contributed by atoms with van der Waals surface area (Å²) in [4.78, 5) is 2.28. The van der Waals surface area contributed by atoms with Crippen molar-refractivity contribution in [3.8, 4) is 17.0 Å². The molecule has 0 unspecified atom stereocenters. The number of phenolic OH excluding ortho intramolecular Hbond substituents is 1. The van der Waals surface area contributed by atoms with Crippen LogP contribution in [0.4, 0.5) is 20.3 Å². The summed E-state index contributed by atoms with van der Waals surface area (Å²) in [5, 5.41) is 24.9. The van der Waals surface area contributed by atoms with Crippen LogP contribution in [0.1, 0.15) is 13.3 Å². The van der Waals surface area contributed by atoms with E-state index in [1.54, 1.807) is 6.07 Å². The number of hydrogen-bond acceptors (Lipinski definition) is 6. The summed E-state index contributed by atoms with van der Waals surface area (Å²) in [7, 11) is 0. The number of phenols is 1. The Morgan fingerprint density at radius 1 is 1.19 bits per heavy atom. The lowest BCUT2D eigenvalue weighted by Gasteiger charge is -2.51. The zero-order valence-electron chi connectivity index (χ0n) is 14.6. The molecule has 27 heavy (non-hydrogen) atoms. The third-order valence-corrected chi connectivity index (χ3v) is 5.15. The van der Waals surface area contributed by atoms with Gasteiger partial charge in [0.15, 0.2) is 17.4 Å². The van der Waals surface area contributed by atoms with Crippen LogP contribution in [0.2, 0.25) is 0 Å². The standard InChI is InChI=1S/C17H19F2N5O.2ClH/c1-2-17-8-20-3-4-24(17)14-7-13(22-23-16(14)21-9-17)11-5-10(18)6-12(19)15(11)25;;/h5-7,20,25H,2-4,8-9H2,1H3,(H,21,23);2*1H/t17-;;/m1../s1. The van der Waals surface area contributed by atoms with Crippen LogP contribution in [-0.2, 0) is 0 Å². The maximum absolute atomic E-state index is 13.7. The number of nitrogens with one attached hydrogen (secondary N) is 2. The van der Waals surface area contributed by atoms with Gasteiger partial charge in [0.2, 0.25) is 0 Å². The highest BCUT2D eigenvalue weighted by Gasteiger charge is 2.42. The predicted octanol–water partition coefficient (Wildman–Crippen LogP) is 2.95. The Kier molecular flexibility index (Phi) is 6.34. The molecule has 0 bridgehead atoms. The van der Waals surface area contributed by atoms with Crippen LogP contribution in [0.25, 0.3) is 11.3 Å². The molecule has 1 saturated heterocycles. The maximum atomic E-state index is 13.7. The SMILES string of the molecule is CC[C@]12CNCCN1c1cc(-c3cc(F)cc(F)c3O)nnc1NC2.Cl.Cl. The minimum atomic E-state index is -1.02. The van der Waals surface area contributed by atoms with Crippen molar-refractivity contribution in [3.63, 3.8) is 0 Å². The van der Waals surface area contributed by atoms with Crippen LogP contribution >= 0.6 is 24.8 Å². The van der Waals surface area contributed by atoms with Crippen LogP contribution in [0.3, 0.4) is 0 Å². The van der Waals surface area contributed by atoms with Gasteiger partial charge >= 0.3 is 0 Å². The molecule has 2 aliphatic heterocycles. The van der Waals surface area contributed by atoms with Crippen molar-refractivity contribution < 1.29 is 13.9 Å². The van der Waals surface area contributed by atoms with Gasteiger partial charge in [-0.2, -0.15) is 0 Å². The molecule has 3 heterocycles. The molecule has 10 heteroatoms. The maximum Gasteiger partial charge on any atom is 0.172 e. The number of aromatic nitrogens is 2. The van der Waals surface area contributed by atoms with Crippen molar-refractivity contribution >= 4 is 36.3 Å². The highest BCUT2D eigenvalue weighted by molar-refractivity contribution is 5.85. The molecule has 6 nitrogen and oxygen atoms in total. The van der Waals surface area contributed by atoms with Crippen molar-refractivity contribution in [2.45, 2.75) is 18.9 Å². The Balaban J connectivity index is 0.00000131. The molecule has 148 valence electrons. The lowest BCUT2D eigenvalue weighted by molar-refractivity contribution is 0.323. The Hall–Kier alpha value is -1.90. The monoisotopic (exact) mass is 419 g/mol. The normalized spacial score (nSPS) is 20.5. The molecule has 0 amide bonds. The minimum Gasteiger partial charge on any atom is -0.504 e. The van der Waals surface area contributed by atoms with Gasteiger partial charge in [0, 0.05) is 37.8 Å². The van der Waals surface area contributed by atoms with E-state index in [1.165, 1.54) is 0 Å². The number of benzene rings is 1. The topological polar surface area (TPSA) is 73.3 Å². The highest BCUT2D eigenvalue weighted by atomic mass is 35.5. The Bertz CT molecular complexity index is 841.